The molecule has 2 aromatic carbocycles. The summed E-state index contributed by atoms with van der Waals surface area (Å²) in [6.45, 7) is 3.68. The second kappa shape index (κ2) is 11.6. The molecule has 0 aliphatic carbocycles. The van der Waals surface area contributed by atoms with Crippen LogP contribution < -0.4 is 29.1 Å². The SMILES string of the molecule is CCOC(=O)C1=C(C)N=c2s/c(=C\c3cc(I)c(OC)c(I)c3)c(=O)n2C1c1cc(OC)ccc1OC. The highest BCUT2D eigenvalue weighted by Gasteiger charge is 2.35. The fraction of sp³-hybridized carbons (Fsp3) is 0.269. The van der Waals surface area contributed by atoms with Crippen LogP contribution in [-0.2, 0) is 9.53 Å². The van der Waals surface area contributed by atoms with E-state index in [1.54, 1.807) is 53.4 Å². The molecule has 1 aliphatic rings. The minimum absolute atomic E-state index is 0.191. The molecule has 8 nitrogen and oxygen atoms in total. The van der Waals surface area contributed by atoms with Gasteiger partial charge in [-0.2, -0.15) is 0 Å². The molecule has 11 heteroatoms. The van der Waals surface area contributed by atoms with Crippen molar-refractivity contribution in [1.29, 1.82) is 0 Å². The maximum Gasteiger partial charge on any atom is 0.338 e. The van der Waals surface area contributed by atoms with Crippen LogP contribution in [0.25, 0.3) is 6.08 Å². The van der Waals surface area contributed by atoms with Crippen LogP contribution >= 0.6 is 56.5 Å². The number of aromatic nitrogens is 1. The summed E-state index contributed by atoms with van der Waals surface area (Å²) in [5.74, 6) is 1.33. The third kappa shape index (κ3) is 5.30. The molecular formula is C26H24I2N2O6S. The number of fused-ring (bicyclic) bond motifs is 1. The van der Waals surface area contributed by atoms with Gasteiger partial charge >= 0.3 is 5.97 Å². The van der Waals surface area contributed by atoms with E-state index in [9.17, 15) is 9.59 Å². The van der Waals surface area contributed by atoms with Crippen molar-refractivity contribution in [3.8, 4) is 17.2 Å². The van der Waals surface area contributed by atoms with E-state index in [4.69, 9.17) is 18.9 Å². The Bertz CT molecular complexity index is 1570. The summed E-state index contributed by atoms with van der Waals surface area (Å²) in [7, 11) is 4.73. The predicted molar refractivity (Wildman–Crippen MR) is 158 cm³/mol. The highest BCUT2D eigenvalue weighted by molar-refractivity contribution is 14.1. The molecule has 4 rings (SSSR count). The van der Waals surface area contributed by atoms with Crippen LogP contribution in [0.4, 0.5) is 0 Å². The summed E-state index contributed by atoms with van der Waals surface area (Å²) in [6, 6.07) is 8.39. The number of allylic oxidation sites excluding steroid dienone is 1. The Labute approximate surface area is 244 Å². The van der Waals surface area contributed by atoms with E-state index < -0.39 is 12.0 Å². The largest absolute Gasteiger partial charge is 0.497 e. The maximum atomic E-state index is 13.9. The first kappa shape index (κ1) is 27.6. The Morgan fingerprint density at radius 1 is 1.11 bits per heavy atom. The molecule has 0 bridgehead atoms. The molecule has 0 N–H and O–H groups in total. The molecular weight excluding hydrogens is 722 g/mol. The first-order chi connectivity index (χ1) is 17.7. The molecule has 0 amide bonds. The number of thiazole rings is 1. The standard InChI is InChI=1S/C26H24I2N2O6S/c1-6-36-25(32)21-13(2)29-26-30(22(21)16-12-15(33-3)7-8-19(16)34-4)24(31)20(37-26)11-14-9-17(27)23(35-5)18(28)10-14/h7-12,22H,6H2,1-5H3/b20-11-. The molecule has 0 saturated carbocycles. The van der Waals surface area contributed by atoms with Gasteiger partial charge in [0.05, 0.1) is 50.9 Å². The monoisotopic (exact) mass is 746 g/mol. The molecule has 0 spiro atoms. The van der Waals surface area contributed by atoms with Gasteiger partial charge < -0.3 is 18.9 Å². The van der Waals surface area contributed by atoms with Crippen LogP contribution in [0.15, 0.2) is 51.4 Å². The van der Waals surface area contributed by atoms with Crippen LogP contribution in [0.5, 0.6) is 17.2 Å². The summed E-state index contributed by atoms with van der Waals surface area (Å²) in [5, 5.41) is 0. The van der Waals surface area contributed by atoms with E-state index in [2.05, 4.69) is 50.2 Å². The molecule has 0 saturated heterocycles. The highest BCUT2D eigenvalue weighted by Crippen LogP contribution is 2.38. The average Bonchev–Trinajstić information content (AvgIpc) is 3.16. The Morgan fingerprint density at radius 2 is 1.81 bits per heavy atom. The highest BCUT2D eigenvalue weighted by atomic mass is 127. The topological polar surface area (TPSA) is 88.4 Å². The van der Waals surface area contributed by atoms with Crippen molar-refractivity contribution in [1.82, 2.24) is 4.57 Å². The lowest BCUT2D eigenvalue weighted by atomic mass is 9.94. The van der Waals surface area contributed by atoms with Gasteiger partial charge in [-0.25, -0.2) is 9.79 Å². The molecule has 1 unspecified atom stereocenters. The summed E-state index contributed by atoms with van der Waals surface area (Å²) < 4.78 is 25.8. The Balaban J connectivity index is 2.00. The van der Waals surface area contributed by atoms with E-state index in [1.165, 1.54) is 15.9 Å². The first-order valence-corrected chi connectivity index (χ1v) is 14.2. The number of benzene rings is 2. The minimum Gasteiger partial charge on any atom is -0.497 e. The van der Waals surface area contributed by atoms with Crippen LogP contribution in [0.1, 0.15) is 31.0 Å². The lowest BCUT2D eigenvalue weighted by Gasteiger charge is -2.26. The zero-order valence-electron chi connectivity index (χ0n) is 20.8. The maximum absolute atomic E-state index is 13.9. The van der Waals surface area contributed by atoms with E-state index in [1.807, 2.05) is 18.2 Å². The van der Waals surface area contributed by atoms with Gasteiger partial charge in [-0.3, -0.25) is 9.36 Å². The second-order valence-corrected chi connectivity index (χ2v) is 11.3. The third-order valence-electron chi connectivity index (χ3n) is 5.77. The van der Waals surface area contributed by atoms with Crippen LogP contribution in [-0.4, -0.2) is 38.5 Å². The number of rotatable bonds is 7. The minimum atomic E-state index is -0.807. The molecule has 194 valence electrons. The molecule has 3 aromatic rings. The van der Waals surface area contributed by atoms with Crippen molar-refractivity contribution < 1.29 is 23.7 Å². The number of esters is 1. The van der Waals surface area contributed by atoms with Gasteiger partial charge in [-0.1, -0.05) is 11.3 Å². The zero-order chi connectivity index (χ0) is 26.9. The number of halogens is 2. The van der Waals surface area contributed by atoms with Gasteiger partial charge in [0.25, 0.3) is 5.56 Å². The first-order valence-electron chi connectivity index (χ1n) is 11.2. The summed E-state index contributed by atoms with van der Waals surface area (Å²) in [6.07, 6.45) is 1.83. The number of ether oxygens (including phenoxy) is 4. The van der Waals surface area contributed by atoms with Crippen molar-refractivity contribution >= 4 is 68.6 Å². The van der Waals surface area contributed by atoms with Crippen molar-refractivity contribution in [2.45, 2.75) is 19.9 Å². The lowest BCUT2D eigenvalue weighted by Crippen LogP contribution is -2.40. The molecule has 1 atom stereocenters. The van der Waals surface area contributed by atoms with Crippen molar-refractivity contribution in [2.24, 2.45) is 4.99 Å². The average molecular weight is 746 g/mol. The fourth-order valence-electron chi connectivity index (χ4n) is 4.15. The van der Waals surface area contributed by atoms with E-state index in [-0.39, 0.29) is 17.7 Å². The van der Waals surface area contributed by atoms with E-state index >= 15 is 0 Å². The predicted octanol–water partition coefficient (Wildman–Crippen LogP) is 4.03. The summed E-state index contributed by atoms with van der Waals surface area (Å²) in [4.78, 5) is 32.2. The normalized spacial score (nSPS) is 15.2. The molecule has 37 heavy (non-hydrogen) atoms. The number of nitrogens with zero attached hydrogens (tertiary/aromatic N) is 2. The third-order valence-corrected chi connectivity index (χ3v) is 8.36. The van der Waals surface area contributed by atoms with Crippen molar-refractivity contribution in [2.75, 3.05) is 27.9 Å². The van der Waals surface area contributed by atoms with Gasteiger partial charge in [0, 0.05) is 5.56 Å². The van der Waals surface area contributed by atoms with E-state index in [0.717, 1.165) is 18.5 Å². The number of carbonyl (C=O) groups excluding carboxylic acids is 1. The molecule has 1 aromatic heterocycles. The zero-order valence-corrected chi connectivity index (χ0v) is 25.9. The Kier molecular flexibility index (Phi) is 8.63. The van der Waals surface area contributed by atoms with Crippen LogP contribution in [0.3, 0.4) is 0 Å². The van der Waals surface area contributed by atoms with Gasteiger partial charge in [0.2, 0.25) is 0 Å². The van der Waals surface area contributed by atoms with Crippen molar-refractivity contribution in [3.05, 3.63) is 79.6 Å². The quantitative estimate of drug-likeness (QED) is 0.268. The fourth-order valence-corrected chi connectivity index (χ4v) is 7.45. The molecule has 0 radical (unpaired) electrons. The number of methoxy groups -OCH3 is 3. The number of hydrogen-bond donors (Lipinski definition) is 0. The summed E-state index contributed by atoms with van der Waals surface area (Å²) in [5.41, 5.74) is 1.95. The van der Waals surface area contributed by atoms with Gasteiger partial charge in [0.1, 0.15) is 23.3 Å². The van der Waals surface area contributed by atoms with Crippen LogP contribution in [0, 0.1) is 7.14 Å². The molecule has 0 fully saturated rings. The smallest absolute Gasteiger partial charge is 0.338 e. The van der Waals surface area contributed by atoms with Gasteiger partial charge in [-0.05, 0) is 101 Å². The Hall–Kier alpha value is -2.39. The molecule has 2 heterocycles. The number of hydrogen-bond acceptors (Lipinski definition) is 8. The second-order valence-electron chi connectivity index (χ2n) is 7.93. The van der Waals surface area contributed by atoms with E-state index in [0.29, 0.717) is 32.1 Å². The van der Waals surface area contributed by atoms with Gasteiger partial charge in [0.15, 0.2) is 4.80 Å². The Morgan fingerprint density at radius 3 is 2.41 bits per heavy atom. The van der Waals surface area contributed by atoms with Gasteiger partial charge in [-0.15, -0.1) is 0 Å². The van der Waals surface area contributed by atoms with Crippen LogP contribution in [0.2, 0.25) is 0 Å². The lowest BCUT2D eigenvalue weighted by molar-refractivity contribution is -0.139. The van der Waals surface area contributed by atoms with Crippen molar-refractivity contribution in [3.63, 3.8) is 0 Å². The number of carbonyl (C=O) groups is 1. The summed E-state index contributed by atoms with van der Waals surface area (Å²) >= 11 is 5.69. The molecule has 1 aliphatic heterocycles.